The van der Waals surface area contributed by atoms with Crippen LogP contribution in [0, 0.1) is 0 Å². The molecule has 0 radical (unpaired) electrons. The molecule has 1 aromatic rings. The number of rotatable bonds is 2. The van der Waals surface area contributed by atoms with Crippen molar-refractivity contribution in [2.75, 3.05) is 0 Å². The first-order chi connectivity index (χ1) is 5.54. The predicted octanol–water partition coefficient (Wildman–Crippen LogP) is 2.67. The molecule has 0 amide bonds. The largest absolute Gasteiger partial charge is 0.337 e. The van der Waals surface area contributed by atoms with Crippen LogP contribution in [0.5, 0.6) is 0 Å². The number of aromatic nitrogens is 2. The molecule has 0 aromatic carbocycles. The maximum Gasteiger partial charge on any atom is 0.0949 e. The summed E-state index contributed by atoms with van der Waals surface area (Å²) in [5.41, 5.74) is 2.61. The van der Waals surface area contributed by atoms with Crippen LogP contribution in [0.1, 0.15) is 50.9 Å². The minimum absolute atomic E-state index is 0.531. The third kappa shape index (κ3) is 1.52. The van der Waals surface area contributed by atoms with Crippen LogP contribution in [0.15, 0.2) is 6.33 Å². The van der Waals surface area contributed by atoms with Gasteiger partial charge in [0.05, 0.1) is 12.0 Å². The SMILES string of the molecule is CC(C)c1ncn(C)c1C(C)C. The second-order valence-electron chi connectivity index (χ2n) is 3.94. The molecular formula is C10H18N2. The summed E-state index contributed by atoms with van der Waals surface area (Å²) >= 11 is 0. The van der Waals surface area contributed by atoms with Crippen molar-refractivity contribution in [1.29, 1.82) is 0 Å². The predicted molar refractivity (Wildman–Crippen MR) is 51.4 cm³/mol. The third-order valence-electron chi connectivity index (χ3n) is 2.11. The zero-order chi connectivity index (χ0) is 9.30. The van der Waals surface area contributed by atoms with Gasteiger partial charge in [-0.3, -0.25) is 0 Å². The third-order valence-corrected chi connectivity index (χ3v) is 2.11. The van der Waals surface area contributed by atoms with Gasteiger partial charge in [0, 0.05) is 12.7 Å². The van der Waals surface area contributed by atoms with Gasteiger partial charge in [0.2, 0.25) is 0 Å². The summed E-state index contributed by atoms with van der Waals surface area (Å²) in [5, 5.41) is 0. The summed E-state index contributed by atoms with van der Waals surface area (Å²) in [4.78, 5) is 4.40. The molecule has 1 heterocycles. The summed E-state index contributed by atoms with van der Waals surface area (Å²) in [6.07, 6.45) is 1.91. The monoisotopic (exact) mass is 166 g/mol. The van der Waals surface area contributed by atoms with Gasteiger partial charge in [-0.15, -0.1) is 0 Å². The molecule has 1 rings (SSSR count). The van der Waals surface area contributed by atoms with Gasteiger partial charge in [0.1, 0.15) is 0 Å². The van der Waals surface area contributed by atoms with E-state index in [4.69, 9.17) is 0 Å². The van der Waals surface area contributed by atoms with E-state index in [-0.39, 0.29) is 0 Å². The minimum atomic E-state index is 0.531. The van der Waals surface area contributed by atoms with Crippen LogP contribution in [0.4, 0.5) is 0 Å². The van der Waals surface area contributed by atoms with Crippen LogP contribution >= 0.6 is 0 Å². The van der Waals surface area contributed by atoms with Gasteiger partial charge in [-0.1, -0.05) is 27.7 Å². The first-order valence-electron chi connectivity index (χ1n) is 4.55. The second-order valence-corrected chi connectivity index (χ2v) is 3.94. The van der Waals surface area contributed by atoms with Gasteiger partial charge in [-0.2, -0.15) is 0 Å². The summed E-state index contributed by atoms with van der Waals surface area (Å²) in [6.45, 7) is 8.80. The van der Waals surface area contributed by atoms with E-state index in [0.29, 0.717) is 11.8 Å². The van der Waals surface area contributed by atoms with Gasteiger partial charge in [-0.05, 0) is 11.8 Å². The lowest BCUT2D eigenvalue weighted by atomic mass is 10.0. The molecule has 0 saturated heterocycles. The van der Waals surface area contributed by atoms with Crippen LogP contribution < -0.4 is 0 Å². The summed E-state index contributed by atoms with van der Waals surface area (Å²) < 4.78 is 2.12. The molecule has 0 N–H and O–H groups in total. The highest BCUT2D eigenvalue weighted by Crippen LogP contribution is 2.23. The molecule has 68 valence electrons. The molecule has 0 aliphatic rings. The Hall–Kier alpha value is -0.790. The van der Waals surface area contributed by atoms with E-state index in [1.807, 2.05) is 6.33 Å². The van der Waals surface area contributed by atoms with Crippen molar-refractivity contribution in [2.45, 2.75) is 39.5 Å². The second kappa shape index (κ2) is 3.30. The Morgan fingerprint density at radius 2 is 1.75 bits per heavy atom. The molecule has 0 aliphatic carbocycles. The Morgan fingerprint density at radius 3 is 2.08 bits per heavy atom. The molecule has 0 bridgehead atoms. The Bertz CT molecular complexity index is 259. The Kier molecular flexibility index (Phi) is 2.55. The van der Waals surface area contributed by atoms with Gasteiger partial charge in [0.25, 0.3) is 0 Å². The fourth-order valence-electron chi connectivity index (χ4n) is 1.61. The highest BCUT2D eigenvalue weighted by molar-refractivity contribution is 5.19. The summed E-state index contributed by atoms with van der Waals surface area (Å²) in [7, 11) is 2.06. The fourth-order valence-corrected chi connectivity index (χ4v) is 1.61. The number of imidazole rings is 1. The molecule has 1 aromatic heterocycles. The van der Waals surface area contributed by atoms with Crippen LogP contribution in [-0.4, -0.2) is 9.55 Å². The van der Waals surface area contributed by atoms with Gasteiger partial charge >= 0.3 is 0 Å². The zero-order valence-electron chi connectivity index (χ0n) is 8.63. The molecule has 0 saturated carbocycles. The van der Waals surface area contributed by atoms with Crippen molar-refractivity contribution in [1.82, 2.24) is 9.55 Å². The average Bonchev–Trinajstić information content (AvgIpc) is 2.30. The topological polar surface area (TPSA) is 17.8 Å². The van der Waals surface area contributed by atoms with Crippen LogP contribution in [-0.2, 0) is 7.05 Å². The molecule has 12 heavy (non-hydrogen) atoms. The van der Waals surface area contributed by atoms with Crippen LogP contribution in [0.25, 0.3) is 0 Å². The number of aryl methyl sites for hydroxylation is 1. The first-order valence-corrected chi connectivity index (χ1v) is 4.55. The van der Waals surface area contributed by atoms with E-state index in [1.165, 1.54) is 11.4 Å². The van der Waals surface area contributed by atoms with E-state index in [1.54, 1.807) is 0 Å². The molecule has 2 nitrogen and oxygen atoms in total. The highest BCUT2D eigenvalue weighted by atomic mass is 15.0. The lowest BCUT2D eigenvalue weighted by Crippen LogP contribution is -2.02. The Balaban J connectivity index is 3.12. The van der Waals surface area contributed by atoms with Crippen molar-refractivity contribution < 1.29 is 0 Å². The number of hydrogen-bond donors (Lipinski definition) is 0. The van der Waals surface area contributed by atoms with Crippen LogP contribution in [0.3, 0.4) is 0 Å². The quantitative estimate of drug-likeness (QED) is 0.660. The standard InChI is InChI=1S/C10H18N2/c1-7(2)9-10(8(3)4)12(5)6-11-9/h6-8H,1-5H3. The van der Waals surface area contributed by atoms with Gasteiger partial charge in [0.15, 0.2) is 0 Å². The van der Waals surface area contributed by atoms with E-state index in [2.05, 4.69) is 44.3 Å². The Morgan fingerprint density at radius 1 is 1.17 bits per heavy atom. The first kappa shape index (κ1) is 9.30. The van der Waals surface area contributed by atoms with Crippen LogP contribution in [0.2, 0.25) is 0 Å². The molecule has 0 unspecified atom stereocenters. The fraction of sp³-hybridized carbons (Fsp3) is 0.700. The normalized spacial score (nSPS) is 11.6. The molecule has 0 spiro atoms. The van der Waals surface area contributed by atoms with E-state index in [9.17, 15) is 0 Å². The molecule has 0 aliphatic heterocycles. The smallest absolute Gasteiger partial charge is 0.0949 e. The van der Waals surface area contributed by atoms with Crippen molar-refractivity contribution >= 4 is 0 Å². The maximum atomic E-state index is 4.40. The molecular weight excluding hydrogens is 148 g/mol. The number of hydrogen-bond acceptors (Lipinski definition) is 1. The molecule has 0 atom stereocenters. The maximum absolute atomic E-state index is 4.40. The summed E-state index contributed by atoms with van der Waals surface area (Å²) in [6, 6.07) is 0. The lowest BCUT2D eigenvalue weighted by molar-refractivity contribution is 0.708. The highest BCUT2D eigenvalue weighted by Gasteiger charge is 2.14. The van der Waals surface area contributed by atoms with Gasteiger partial charge in [-0.25, -0.2) is 4.98 Å². The zero-order valence-corrected chi connectivity index (χ0v) is 8.63. The van der Waals surface area contributed by atoms with Gasteiger partial charge < -0.3 is 4.57 Å². The van der Waals surface area contributed by atoms with E-state index in [0.717, 1.165) is 0 Å². The molecule has 2 heteroatoms. The average molecular weight is 166 g/mol. The van der Waals surface area contributed by atoms with Crippen molar-refractivity contribution in [3.8, 4) is 0 Å². The minimum Gasteiger partial charge on any atom is -0.337 e. The van der Waals surface area contributed by atoms with Crippen molar-refractivity contribution in [3.63, 3.8) is 0 Å². The number of nitrogens with zero attached hydrogens (tertiary/aromatic N) is 2. The molecule has 0 fully saturated rings. The van der Waals surface area contributed by atoms with E-state index >= 15 is 0 Å². The Labute approximate surface area is 74.6 Å². The van der Waals surface area contributed by atoms with Crippen molar-refractivity contribution in [3.05, 3.63) is 17.7 Å². The van der Waals surface area contributed by atoms with Crippen molar-refractivity contribution in [2.24, 2.45) is 7.05 Å². The lowest BCUT2D eigenvalue weighted by Gasteiger charge is -2.11. The van der Waals surface area contributed by atoms with E-state index < -0.39 is 0 Å². The summed E-state index contributed by atoms with van der Waals surface area (Å²) in [5.74, 6) is 1.10.